The molecule has 0 radical (unpaired) electrons. The Bertz CT molecular complexity index is 899. The number of carbonyl (C=O) groups excluding carboxylic acids is 1. The van der Waals surface area contributed by atoms with Crippen molar-refractivity contribution in [2.45, 2.75) is 6.92 Å². The van der Waals surface area contributed by atoms with Gasteiger partial charge in [0.15, 0.2) is 0 Å². The summed E-state index contributed by atoms with van der Waals surface area (Å²) in [6.07, 6.45) is 0. The molecule has 0 atom stereocenters. The second-order valence-corrected chi connectivity index (χ2v) is 5.48. The lowest BCUT2D eigenvalue weighted by Gasteiger charge is -2.16. The Hall–Kier alpha value is -3.49. The summed E-state index contributed by atoms with van der Waals surface area (Å²) in [5.74, 6) is -0.725. The van der Waals surface area contributed by atoms with E-state index in [1.54, 1.807) is 19.1 Å². The van der Waals surface area contributed by atoms with Gasteiger partial charge in [-0.1, -0.05) is 0 Å². The van der Waals surface area contributed by atoms with Gasteiger partial charge in [-0.15, -0.1) is 0 Å². The number of hydrogen-bond donors (Lipinski definition) is 4. The fourth-order valence-electron chi connectivity index (χ4n) is 2.51. The number of nitrogens with one attached hydrogen (secondary N) is 1. The van der Waals surface area contributed by atoms with Gasteiger partial charge in [-0.2, -0.15) is 4.98 Å². The molecule has 0 unspecified atom stereocenters. The number of ether oxygens (including phenoxy) is 2. The Morgan fingerprint density at radius 1 is 1.19 bits per heavy atom. The molecule has 2 aromatic rings. The highest BCUT2D eigenvalue weighted by atomic mass is 19.1. The number of amides is 1. The molecule has 0 aliphatic carbocycles. The van der Waals surface area contributed by atoms with Crippen molar-refractivity contribution in [2.75, 3.05) is 26.5 Å². The van der Waals surface area contributed by atoms with Crippen LogP contribution in [0.15, 0.2) is 30.0 Å². The Morgan fingerprint density at radius 2 is 1.89 bits per heavy atom. The van der Waals surface area contributed by atoms with Crippen molar-refractivity contribution in [2.24, 2.45) is 11.5 Å². The molecule has 0 aliphatic rings. The highest BCUT2D eigenvalue weighted by Gasteiger charge is 2.21. The van der Waals surface area contributed by atoms with Crippen LogP contribution < -0.4 is 32.0 Å². The number of benzene rings is 1. The van der Waals surface area contributed by atoms with E-state index in [2.05, 4.69) is 10.3 Å². The number of anilines is 1. The molecular weight excluding hydrogens is 353 g/mol. The third-order valence-electron chi connectivity index (χ3n) is 3.86. The average Bonchev–Trinajstić information content (AvgIpc) is 2.67. The molecule has 0 saturated carbocycles. The molecule has 1 heterocycles. The summed E-state index contributed by atoms with van der Waals surface area (Å²) < 4.78 is 24.9. The number of hydrogen-bond acceptors (Lipinski definition) is 7. The molecule has 0 spiro atoms. The zero-order valence-corrected chi connectivity index (χ0v) is 15.3. The first-order valence-electron chi connectivity index (χ1n) is 8.06. The Balaban J connectivity index is 2.67. The van der Waals surface area contributed by atoms with E-state index >= 15 is 0 Å². The van der Waals surface area contributed by atoms with Crippen LogP contribution in [0.1, 0.15) is 12.5 Å². The lowest BCUT2D eigenvalue weighted by atomic mass is 9.98. The molecule has 1 aromatic heterocycles. The van der Waals surface area contributed by atoms with E-state index in [9.17, 15) is 9.18 Å². The van der Waals surface area contributed by atoms with Crippen molar-refractivity contribution in [3.05, 3.63) is 41.3 Å². The van der Waals surface area contributed by atoms with Crippen molar-refractivity contribution < 1.29 is 18.7 Å². The van der Waals surface area contributed by atoms with E-state index in [1.807, 2.05) is 0 Å². The van der Waals surface area contributed by atoms with E-state index in [0.29, 0.717) is 18.0 Å². The molecule has 27 heavy (non-hydrogen) atoms. The summed E-state index contributed by atoms with van der Waals surface area (Å²) in [6, 6.07) is 5.66. The smallest absolute Gasteiger partial charge is 0.269 e. The SMILES string of the molecule is CCNC(=O)/C(N)=C(\N)c1ccc(F)c(-c2ccc(OC)nc2OC)c1N. The predicted molar refractivity (Wildman–Crippen MR) is 101 cm³/mol. The number of nitrogens with two attached hydrogens (primary N) is 3. The van der Waals surface area contributed by atoms with Gasteiger partial charge >= 0.3 is 0 Å². The summed E-state index contributed by atoms with van der Waals surface area (Å²) >= 11 is 0. The molecule has 0 bridgehead atoms. The van der Waals surface area contributed by atoms with Gasteiger partial charge in [0, 0.05) is 29.3 Å². The van der Waals surface area contributed by atoms with Crippen molar-refractivity contribution in [3.63, 3.8) is 0 Å². The first kappa shape index (κ1) is 19.8. The van der Waals surface area contributed by atoms with Crippen molar-refractivity contribution >= 4 is 17.3 Å². The second-order valence-electron chi connectivity index (χ2n) is 5.48. The van der Waals surface area contributed by atoms with Gasteiger partial charge in [-0.3, -0.25) is 4.79 Å². The standard InChI is InChI=1S/C18H22FN5O3/c1-4-23-17(25)16(22)15(21)10-5-7-11(19)13(14(10)20)9-6-8-12(26-2)24-18(9)27-3/h5-8H,4,20-22H2,1-3H3,(H,23,25)/b16-15+. The van der Waals surface area contributed by atoms with Crippen LogP contribution in [-0.2, 0) is 4.79 Å². The monoisotopic (exact) mass is 375 g/mol. The molecular formula is C18H22FN5O3. The maximum Gasteiger partial charge on any atom is 0.269 e. The highest BCUT2D eigenvalue weighted by Crippen LogP contribution is 2.38. The zero-order chi connectivity index (χ0) is 20.1. The van der Waals surface area contributed by atoms with Gasteiger partial charge in [0.1, 0.15) is 11.5 Å². The van der Waals surface area contributed by atoms with Crippen molar-refractivity contribution in [3.8, 4) is 22.9 Å². The maximum atomic E-state index is 14.6. The Morgan fingerprint density at radius 3 is 2.48 bits per heavy atom. The highest BCUT2D eigenvalue weighted by molar-refractivity contribution is 6.01. The number of likely N-dealkylation sites (N-methyl/N-ethyl adjacent to an activating group) is 1. The van der Waals surface area contributed by atoms with E-state index in [-0.39, 0.29) is 34.1 Å². The third-order valence-corrected chi connectivity index (χ3v) is 3.86. The van der Waals surface area contributed by atoms with E-state index in [4.69, 9.17) is 26.7 Å². The van der Waals surface area contributed by atoms with Crippen LogP contribution in [-0.4, -0.2) is 31.7 Å². The van der Waals surface area contributed by atoms with Gasteiger partial charge in [-0.05, 0) is 25.1 Å². The molecule has 0 saturated heterocycles. The summed E-state index contributed by atoms with van der Waals surface area (Å²) in [5.41, 5.74) is 18.3. The van der Waals surface area contributed by atoms with Crippen LogP contribution in [0.25, 0.3) is 16.8 Å². The molecule has 2 rings (SSSR count). The fourth-order valence-corrected chi connectivity index (χ4v) is 2.51. The van der Waals surface area contributed by atoms with Crippen LogP contribution in [0.4, 0.5) is 10.1 Å². The molecule has 7 N–H and O–H groups in total. The van der Waals surface area contributed by atoms with E-state index in [0.717, 1.165) is 0 Å². The number of methoxy groups -OCH3 is 2. The van der Waals surface area contributed by atoms with Gasteiger partial charge in [0.2, 0.25) is 11.8 Å². The first-order valence-corrected chi connectivity index (χ1v) is 8.06. The number of nitrogens with zero attached hydrogens (tertiary/aromatic N) is 1. The van der Waals surface area contributed by atoms with Gasteiger partial charge in [0.25, 0.3) is 5.91 Å². The van der Waals surface area contributed by atoms with Crippen LogP contribution in [0.3, 0.4) is 0 Å². The topological polar surface area (TPSA) is 139 Å². The van der Waals surface area contributed by atoms with E-state index < -0.39 is 11.7 Å². The maximum absolute atomic E-state index is 14.6. The summed E-state index contributed by atoms with van der Waals surface area (Å²) in [6.45, 7) is 2.13. The number of pyridine rings is 1. The molecule has 8 nitrogen and oxygen atoms in total. The third kappa shape index (κ3) is 3.86. The van der Waals surface area contributed by atoms with Crippen molar-refractivity contribution in [1.29, 1.82) is 0 Å². The quantitative estimate of drug-likeness (QED) is 0.440. The minimum Gasteiger partial charge on any atom is -0.481 e. The van der Waals surface area contributed by atoms with Crippen LogP contribution in [0, 0.1) is 5.82 Å². The summed E-state index contributed by atoms with van der Waals surface area (Å²) in [5, 5.41) is 2.54. The molecule has 0 fully saturated rings. The predicted octanol–water partition coefficient (Wildman–Crippen LogP) is 1.21. The van der Waals surface area contributed by atoms with Crippen molar-refractivity contribution in [1.82, 2.24) is 10.3 Å². The van der Waals surface area contributed by atoms with Crippen LogP contribution in [0.5, 0.6) is 11.8 Å². The number of nitrogen functional groups attached to an aromatic ring is 1. The van der Waals surface area contributed by atoms with Crippen LogP contribution >= 0.6 is 0 Å². The number of rotatable bonds is 6. The van der Waals surface area contributed by atoms with Gasteiger partial charge in [-0.25, -0.2) is 4.39 Å². The zero-order valence-electron chi connectivity index (χ0n) is 15.3. The Kier molecular flexibility index (Phi) is 6.07. The first-order chi connectivity index (χ1) is 12.8. The number of aromatic nitrogens is 1. The number of carbonyl (C=O) groups is 1. The second kappa shape index (κ2) is 8.26. The van der Waals surface area contributed by atoms with E-state index in [1.165, 1.54) is 26.4 Å². The summed E-state index contributed by atoms with van der Waals surface area (Å²) in [4.78, 5) is 16.1. The van der Waals surface area contributed by atoms with Crippen LogP contribution in [0.2, 0.25) is 0 Å². The molecule has 9 heteroatoms. The minimum atomic E-state index is -0.606. The molecule has 144 valence electrons. The molecule has 1 amide bonds. The average molecular weight is 375 g/mol. The van der Waals surface area contributed by atoms with Gasteiger partial charge in [0.05, 0.1) is 25.6 Å². The summed E-state index contributed by atoms with van der Waals surface area (Å²) in [7, 11) is 2.84. The largest absolute Gasteiger partial charge is 0.481 e. The number of halogens is 1. The minimum absolute atomic E-state index is 0.00464. The molecule has 1 aromatic carbocycles. The lowest BCUT2D eigenvalue weighted by molar-refractivity contribution is -0.117. The molecule has 0 aliphatic heterocycles. The lowest BCUT2D eigenvalue weighted by Crippen LogP contribution is -2.30. The normalized spacial score (nSPS) is 11.6. The Labute approximate surface area is 156 Å². The fraction of sp³-hybridized carbons (Fsp3) is 0.222. The van der Waals surface area contributed by atoms with Gasteiger partial charge < -0.3 is 32.0 Å².